The van der Waals surface area contributed by atoms with Crippen LogP contribution in [0.5, 0.6) is 11.5 Å². The molecule has 9 heteroatoms. The fourth-order valence-electron chi connectivity index (χ4n) is 4.26. The van der Waals surface area contributed by atoms with E-state index in [0.717, 1.165) is 15.2 Å². The predicted octanol–water partition coefficient (Wildman–Crippen LogP) is 4.78. The fraction of sp³-hybridized carbons (Fsp3) is 0.240. The van der Waals surface area contributed by atoms with Gasteiger partial charge in [-0.1, -0.05) is 12.1 Å². The number of rotatable bonds is 4. The Balaban J connectivity index is 1.07. The van der Waals surface area contributed by atoms with Crippen molar-refractivity contribution in [3.63, 3.8) is 0 Å². The number of aromatic nitrogens is 1. The Morgan fingerprint density at radius 2 is 1.82 bits per heavy atom. The maximum absolute atomic E-state index is 13.0. The summed E-state index contributed by atoms with van der Waals surface area (Å²) in [6.45, 7) is 1.18. The number of nitrogens with one attached hydrogen (secondary N) is 1. The molecule has 0 bridgehead atoms. The van der Waals surface area contributed by atoms with E-state index in [-0.39, 0.29) is 30.3 Å². The van der Waals surface area contributed by atoms with Crippen LogP contribution in [0.15, 0.2) is 59.0 Å². The third kappa shape index (κ3) is 3.88. The molecule has 0 atom stereocenters. The number of likely N-dealkylation sites (tertiary alicyclic amines) is 1. The van der Waals surface area contributed by atoms with E-state index in [2.05, 4.69) is 10.3 Å². The summed E-state index contributed by atoms with van der Waals surface area (Å²) in [5, 5.41) is 3.70. The number of benzene rings is 2. The van der Waals surface area contributed by atoms with Crippen molar-refractivity contribution in [2.75, 3.05) is 25.2 Å². The van der Waals surface area contributed by atoms with Crippen LogP contribution < -0.4 is 14.8 Å². The lowest BCUT2D eigenvalue weighted by atomic mass is 9.95. The van der Waals surface area contributed by atoms with Crippen LogP contribution in [-0.2, 0) is 4.79 Å². The molecule has 8 nitrogen and oxygen atoms in total. The van der Waals surface area contributed by atoms with Gasteiger partial charge >= 0.3 is 0 Å². The molecule has 4 heterocycles. The molecular formula is C25H21N3O5S. The average Bonchev–Trinajstić information content (AvgIpc) is 3.62. The van der Waals surface area contributed by atoms with Crippen molar-refractivity contribution in [3.05, 3.63) is 60.4 Å². The number of amides is 2. The molecule has 6 rings (SSSR count). The molecule has 2 amide bonds. The van der Waals surface area contributed by atoms with Gasteiger partial charge in [0.05, 0.1) is 10.2 Å². The standard InChI is InChI=1S/C25H21N3O5S/c29-23(26-16-5-6-18-21(13-16)32-14-31-18)15-9-11-28(12-10-15)25(30)20-8-7-19(33-20)24-27-17-3-1-2-4-22(17)34-24/h1-8,13,15H,9-12,14H2,(H,26,29). The highest BCUT2D eigenvalue weighted by atomic mass is 32.1. The molecule has 2 aliphatic heterocycles. The van der Waals surface area contributed by atoms with Crippen LogP contribution in [0.1, 0.15) is 23.4 Å². The monoisotopic (exact) mass is 475 g/mol. The van der Waals surface area contributed by atoms with Gasteiger partial charge in [0.25, 0.3) is 5.91 Å². The van der Waals surface area contributed by atoms with E-state index >= 15 is 0 Å². The maximum Gasteiger partial charge on any atom is 0.289 e. The van der Waals surface area contributed by atoms with Crippen LogP contribution in [0.25, 0.3) is 21.0 Å². The zero-order chi connectivity index (χ0) is 23.1. The second kappa shape index (κ2) is 8.49. The number of ether oxygens (including phenoxy) is 2. The van der Waals surface area contributed by atoms with Gasteiger partial charge in [0.15, 0.2) is 28.0 Å². The van der Waals surface area contributed by atoms with E-state index in [4.69, 9.17) is 13.9 Å². The van der Waals surface area contributed by atoms with Gasteiger partial charge in [-0.15, -0.1) is 11.3 Å². The summed E-state index contributed by atoms with van der Waals surface area (Å²) in [4.78, 5) is 32.1. The van der Waals surface area contributed by atoms with Crippen molar-refractivity contribution in [1.82, 2.24) is 9.88 Å². The number of nitrogens with zero attached hydrogens (tertiary/aromatic N) is 2. The quantitative estimate of drug-likeness (QED) is 0.457. The lowest BCUT2D eigenvalue weighted by molar-refractivity contribution is -0.121. The van der Waals surface area contributed by atoms with Gasteiger partial charge in [0.2, 0.25) is 12.7 Å². The highest BCUT2D eigenvalue weighted by molar-refractivity contribution is 7.21. The first-order valence-corrected chi connectivity index (χ1v) is 11.9. The minimum absolute atomic E-state index is 0.0536. The number of fused-ring (bicyclic) bond motifs is 2. The minimum Gasteiger partial charge on any atom is -0.454 e. The van der Waals surface area contributed by atoms with Gasteiger partial charge in [-0.05, 0) is 49.2 Å². The lowest BCUT2D eigenvalue weighted by Crippen LogP contribution is -2.41. The molecule has 1 saturated heterocycles. The van der Waals surface area contributed by atoms with Gasteiger partial charge in [-0.25, -0.2) is 4.98 Å². The van der Waals surface area contributed by atoms with Gasteiger partial charge < -0.3 is 24.1 Å². The molecular weight excluding hydrogens is 454 g/mol. The average molecular weight is 476 g/mol. The Morgan fingerprint density at radius 3 is 2.68 bits per heavy atom. The summed E-state index contributed by atoms with van der Waals surface area (Å²) in [6, 6.07) is 16.7. The maximum atomic E-state index is 13.0. The highest BCUT2D eigenvalue weighted by Gasteiger charge is 2.29. The second-order valence-electron chi connectivity index (χ2n) is 8.27. The molecule has 34 heavy (non-hydrogen) atoms. The van der Waals surface area contributed by atoms with Crippen LogP contribution in [-0.4, -0.2) is 41.6 Å². The van der Waals surface area contributed by atoms with Crippen molar-refractivity contribution in [1.29, 1.82) is 0 Å². The Morgan fingerprint density at radius 1 is 1.00 bits per heavy atom. The molecule has 2 aromatic heterocycles. The van der Waals surface area contributed by atoms with Crippen LogP contribution in [0.4, 0.5) is 5.69 Å². The van der Waals surface area contributed by atoms with Crippen molar-refractivity contribution in [2.24, 2.45) is 5.92 Å². The zero-order valence-electron chi connectivity index (χ0n) is 18.2. The van der Waals surface area contributed by atoms with Crippen LogP contribution in [0.2, 0.25) is 0 Å². The number of hydrogen-bond donors (Lipinski definition) is 1. The number of carbonyl (C=O) groups is 2. The van der Waals surface area contributed by atoms with E-state index in [1.54, 1.807) is 35.2 Å². The number of piperidine rings is 1. The van der Waals surface area contributed by atoms with Crippen molar-refractivity contribution in [3.8, 4) is 22.3 Å². The molecule has 2 aromatic carbocycles. The third-order valence-corrected chi connectivity index (χ3v) is 7.17. The van der Waals surface area contributed by atoms with E-state index in [1.807, 2.05) is 24.3 Å². The molecule has 2 aliphatic rings. The Kier molecular flexibility index (Phi) is 5.18. The molecule has 172 valence electrons. The van der Waals surface area contributed by atoms with E-state index < -0.39 is 0 Å². The summed E-state index contributed by atoms with van der Waals surface area (Å²) >= 11 is 1.53. The molecule has 1 N–H and O–H groups in total. The Hall–Kier alpha value is -3.85. The number of thiazole rings is 1. The number of furan rings is 1. The topological polar surface area (TPSA) is 93.9 Å². The van der Waals surface area contributed by atoms with Crippen LogP contribution in [0, 0.1) is 5.92 Å². The normalized spacial score (nSPS) is 15.6. The third-order valence-electron chi connectivity index (χ3n) is 6.11. The van der Waals surface area contributed by atoms with Crippen molar-refractivity contribution in [2.45, 2.75) is 12.8 Å². The van der Waals surface area contributed by atoms with Crippen LogP contribution in [0.3, 0.4) is 0 Å². The molecule has 0 radical (unpaired) electrons. The zero-order valence-corrected chi connectivity index (χ0v) is 19.0. The minimum atomic E-state index is -0.165. The molecule has 4 aromatic rings. The van der Waals surface area contributed by atoms with Crippen molar-refractivity contribution < 1.29 is 23.5 Å². The molecule has 0 spiro atoms. The van der Waals surface area contributed by atoms with E-state index in [9.17, 15) is 9.59 Å². The molecule has 0 saturated carbocycles. The molecule has 1 fully saturated rings. The molecule has 0 aliphatic carbocycles. The molecule has 0 unspecified atom stereocenters. The Bertz CT molecular complexity index is 1350. The van der Waals surface area contributed by atoms with E-state index in [0.29, 0.717) is 48.9 Å². The van der Waals surface area contributed by atoms with Gasteiger partial charge in [-0.2, -0.15) is 0 Å². The summed E-state index contributed by atoms with van der Waals surface area (Å²) in [5.41, 5.74) is 1.58. The van der Waals surface area contributed by atoms with Crippen LogP contribution >= 0.6 is 11.3 Å². The van der Waals surface area contributed by atoms with Gasteiger partial charge in [0, 0.05) is 30.8 Å². The van der Waals surface area contributed by atoms with Gasteiger partial charge in [0.1, 0.15) is 0 Å². The number of para-hydroxylation sites is 1. The van der Waals surface area contributed by atoms with Gasteiger partial charge in [-0.3, -0.25) is 9.59 Å². The fourth-order valence-corrected chi connectivity index (χ4v) is 5.19. The first kappa shape index (κ1) is 20.7. The summed E-state index contributed by atoms with van der Waals surface area (Å²) in [5.74, 6) is 1.80. The highest BCUT2D eigenvalue weighted by Crippen LogP contribution is 2.35. The number of anilines is 1. The predicted molar refractivity (Wildman–Crippen MR) is 127 cm³/mol. The summed E-state index contributed by atoms with van der Waals surface area (Å²) < 4.78 is 17.6. The second-order valence-corrected chi connectivity index (χ2v) is 9.31. The number of hydrogen-bond acceptors (Lipinski definition) is 7. The SMILES string of the molecule is O=C(Nc1ccc2c(c1)OCO2)C1CCN(C(=O)c2ccc(-c3nc4ccccc4s3)o2)CC1. The first-order chi connectivity index (χ1) is 16.6. The van der Waals surface area contributed by atoms with E-state index in [1.165, 1.54) is 11.3 Å². The smallest absolute Gasteiger partial charge is 0.289 e. The number of carbonyl (C=O) groups excluding carboxylic acids is 2. The first-order valence-electron chi connectivity index (χ1n) is 11.1. The van der Waals surface area contributed by atoms with Crippen molar-refractivity contribution >= 4 is 39.1 Å². The summed E-state index contributed by atoms with van der Waals surface area (Å²) in [6.07, 6.45) is 1.18. The summed E-state index contributed by atoms with van der Waals surface area (Å²) in [7, 11) is 0. The largest absolute Gasteiger partial charge is 0.454 e. The Labute approximate surface area is 199 Å². The lowest BCUT2D eigenvalue weighted by Gasteiger charge is -2.30.